The molecule has 0 bridgehead atoms. The summed E-state index contributed by atoms with van der Waals surface area (Å²) < 4.78 is 13.8. The Kier molecular flexibility index (Phi) is 3.71. The highest BCUT2D eigenvalue weighted by Gasteiger charge is 2.14. The van der Waals surface area contributed by atoms with Gasteiger partial charge in [0.15, 0.2) is 0 Å². The number of thiophene rings is 1. The van der Waals surface area contributed by atoms with Gasteiger partial charge in [-0.2, -0.15) is 0 Å². The summed E-state index contributed by atoms with van der Waals surface area (Å²) in [6.07, 6.45) is 0. The van der Waals surface area contributed by atoms with Crippen molar-refractivity contribution in [1.29, 1.82) is 0 Å². The summed E-state index contributed by atoms with van der Waals surface area (Å²) in [5, 5.41) is 3.28. The van der Waals surface area contributed by atoms with Gasteiger partial charge in [0.1, 0.15) is 5.82 Å². The van der Waals surface area contributed by atoms with E-state index in [0.717, 1.165) is 5.56 Å². The normalized spacial score (nSPS) is 12.5. The van der Waals surface area contributed by atoms with Crippen LogP contribution in [0, 0.1) is 26.6 Å². The smallest absolute Gasteiger partial charge is 0.146 e. The average molecular weight is 263 g/mol. The van der Waals surface area contributed by atoms with Crippen molar-refractivity contribution in [3.05, 3.63) is 51.0 Å². The first-order valence-corrected chi connectivity index (χ1v) is 6.89. The van der Waals surface area contributed by atoms with Crippen LogP contribution in [0.2, 0.25) is 0 Å². The third-order valence-electron chi connectivity index (χ3n) is 3.13. The number of hydrogen-bond acceptors (Lipinski definition) is 2. The maximum atomic E-state index is 13.8. The second-order valence-corrected chi connectivity index (χ2v) is 6.13. The lowest BCUT2D eigenvalue weighted by atomic mass is 10.1. The highest BCUT2D eigenvalue weighted by molar-refractivity contribution is 7.12. The van der Waals surface area contributed by atoms with E-state index >= 15 is 0 Å². The minimum Gasteiger partial charge on any atom is -0.376 e. The zero-order chi connectivity index (χ0) is 13.3. The minimum absolute atomic E-state index is 0.116. The van der Waals surface area contributed by atoms with E-state index in [4.69, 9.17) is 0 Å². The molecule has 1 aromatic heterocycles. The molecule has 0 aliphatic carbocycles. The molecule has 0 saturated heterocycles. The predicted molar refractivity (Wildman–Crippen MR) is 77.0 cm³/mol. The van der Waals surface area contributed by atoms with Gasteiger partial charge in [0.2, 0.25) is 0 Å². The Morgan fingerprint density at radius 1 is 1.22 bits per heavy atom. The van der Waals surface area contributed by atoms with Crippen LogP contribution in [0.5, 0.6) is 0 Å². The van der Waals surface area contributed by atoms with E-state index in [9.17, 15) is 4.39 Å². The highest BCUT2D eigenvalue weighted by atomic mass is 32.1. The van der Waals surface area contributed by atoms with E-state index in [2.05, 4.69) is 32.2 Å². The number of aryl methyl sites for hydroxylation is 3. The molecule has 1 N–H and O–H groups in total. The van der Waals surface area contributed by atoms with E-state index < -0.39 is 0 Å². The molecule has 96 valence electrons. The van der Waals surface area contributed by atoms with Crippen molar-refractivity contribution < 1.29 is 4.39 Å². The molecule has 0 radical (unpaired) electrons. The Bertz CT molecular complexity index is 539. The van der Waals surface area contributed by atoms with Crippen LogP contribution in [-0.4, -0.2) is 0 Å². The monoisotopic (exact) mass is 263 g/mol. The van der Waals surface area contributed by atoms with Gasteiger partial charge in [-0.05, 0) is 51.0 Å². The third kappa shape index (κ3) is 2.56. The molecule has 0 saturated carbocycles. The van der Waals surface area contributed by atoms with E-state index in [1.807, 2.05) is 13.0 Å². The number of anilines is 1. The van der Waals surface area contributed by atoms with Crippen LogP contribution in [0.25, 0.3) is 0 Å². The van der Waals surface area contributed by atoms with Crippen LogP contribution in [0.4, 0.5) is 10.1 Å². The van der Waals surface area contributed by atoms with Crippen molar-refractivity contribution in [3.8, 4) is 0 Å². The standard InChI is InChI=1S/C15H18FNS/c1-9-6-5-7-14(16)15(9)17-11(3)13-8-10(2)18-12(13)4/h5-8,11,17H,1-4H3. The largest absolute Gasteiger partial charge is 0.376 e. The fraction of sp³-hybridized carbons (Fsp3) is 0.333. The Hall–Kier alpha value is -1.35. The summed E-state index contributed by atoms with van der Waals surface area (Å²) >= 11 is 1.78. The first-order valence-electron chi connectivity index (χ1n) is 6.07. The quantitative estimate of drug-likeness (QED) is 0.823. The number of rotatable bonds is 3. The molecular formula is C15H18FNS. The lowest BCUT2D eigenvalue weighted by Crippen LogP contribution is -2.09. The van der Waals surface area contributed by atoms with Gasteiger partial charge < -0.3 is 5.32 Å². The summed E-state index contributed by atoms with van der Waals surface area (Å²) in [6.45, 7) is 8.20. The van der Waals surface area contributed by atoms with Crippen LogP contribution in [0.15, 0.2) is 24.3 Å². The molecule has 0 aliphatic rings. The van der Waals surface area contributed by atoms with Crippen LogP contribution in [-0.2, 0) is 0 Å². The van der Waals surface area contributed by atoms with Crippen LogP contribution in [0.3, 0.4) is 0 Å². The molecule has 0 fully saturated rings. The molecule has 2 aromatic rings. The molecule has 0 aliphatic heterocycles. The van der Waals surface area contributed by atoms with Gasteiger partial charge in [0.25, 0.3) is 0 Å². The molecule has 2 rings (SSSR count). The summed E-state index contributed by atoms with van der Waals surface area (Å²) in [6, 6.07) is 7.44. The molecule has 1 atom stereocenters. The van der Waals surface area contributed by atoms with E-state index in [-0.39, 0.29) is 11.9 Å². The van der Waals surface area contributed by atoms with Gasteiger partial charge in [-0.1, -0.05) is 12.1 Å². The molecular weight excluding hydrogens is 245 g/mol. The van der Waals surface area contributed by atoms with Crippen molar-refractivity contribution in [2.45, 2.75) is 33.7 Å². The molecule has 18 heavy (non-hydrogen) atoms. The van der Waals surface area contributed by atoms with E-state index in [0.29, 0.717) is 5.69 Å². The van der Waals surface area contributed by atoms with Gasteiger partial charge in [-0.3, -0.25) is 0 Å². The number of para-hydroxylation sites is 1. The molecule has 1 heterocycles. The molecule has 1 unspecified atom stereocenters. The maximum absolute atomic E-state index is 13.8. The van der Waals surface area contributed by atoms with Gasteiger partial charge in [0, 0.05) is 15.8 Å². The third-order valence-corrected chi connectivity index (χ3v) is 4.11. The average Bonchev–Trinajstić information content (AvgIpc) is 2.63. The first-order chi connectivity index (χ1) is 8.49. The van der Waals surface area contributed by atoms with Gasteiger partial charge in [-0.25, -0.2) is 4.39 Å². The van der Waals surface area contributed by atoms with Crippen molar-refractivity contribution in [3.63, 3.8) is 0 Å². The Balaban J connectivity index is 2.26. The minimum atomic E-state index is -0.188. The van der Waals surface area contributed by atoms with Crippen molar-refractivity contribution in [2.75, 3.05) is 5.32 Å². The van der Waals surface area contributed by atoms with Gasteiger partial charge in [-0.15, -0.1) is 11.3 Å². The Labute approximate surface area is 112 Å². The van der Waals surface area contributed by atoms with Crippen LogP contribution >= 0.6 is 11.3 Å². The summed E-state index contributed by atoms with van der Waals surface area (Å²) in [5.41, 5.74) is 2.79. The zero-order valence-electron chi connectivity index (χ0n) is 11.2. The fourth-order valence-corrected chi connectivity index (χ4v) is 3.21. The van der Waals surface area contributed by atoms with E-state index in [1.54, 1.807) is 17.4 Å². The molecule has 3 heteroatoms. The SMILES string of the molecule is Cc1cc(C(C)Nc2c(C)cccc2F)c(C)s1. The zero-order valence-corrected chi connectivity index (χ0v) is 12.0. The topological polar surface area (TPSA) is 12.0 Å². The second kappa shape index (κ2) is 5.11. The summed E-state index contributed by atoms with van der Waals surface area (Å²) in [5.74, 6) is -0.188. The molecule has 0 amide bonds. The highest BCUT2D eigenvalue weighted by Crippen LogP contribution is 2.30. The number of nitrogens with one attached hydrogen (secondary N) is 1. The van der Waals surface area contributed by atoms with Crippen LogP contribution in [0.1, 0.15) is 33.8 Å². The maximum Gasteiger partial charge on any atom is 0.146 e. The van der Waals surface area contributed by atoms with Crippen molar-refractivity contribution >= 4 is 17.0 Å². The van der Waals surface area contributed by atoms with E-state index in [1.165, 1.54) is 21.4 Å². The summed E-state index contributed by atoms with van der Waals surface area (Å²) in [7, 11) is 0. The number of halogens is 1. The molecule has 1 aromatic carbocycles. The fourth-order valence-electron chi connectivity index (χ4n) is 2.19. The lowest BCUT2D eigenvalue weighted by Gasteiger charge is -2.17. The summed E-state index contributed by atoms with van der Waals surface area (Å²) in [4.78, 5) is 2.59. The second-order valence-electron chi connectivity index (χ2n) is 4.67. The van der Waals surface area contributed by atoms with Crippen LogP contribution < -0.4 is 5.32 Å². The van der Waals surface area contributed by atoms with Crippen molar-refractivity contribution in [2.24, 2.45) is 0 Å². The molecule has 1 nitrogen and oxygen atoms in total. The Morgan fingerprint density at radius 2 is 1.94 bits per heavy atom. The number of hydrogen-bond donors (Lipinski definition) is 1. The lowest BCUT2D eigenvalue weighted by molar-refractivity contribution is 0.626. The predicted octanol–water partition coefficient (Wildman–Crippen LogP) is 4.99. The van der Waals surface area contributed by atoms with Gasteiger partial charge >= 0.3 is 0 Å². The first kappa shape index (κ1) is 13.1. The van der Waals surface area contributed by atoms with Crippen molar-refractivity contribution in [1.82, 2.24) is 0 Å². The van der Waals surface area contributed by atoms with Gasteiger partial charge in [0.05, 0.1) is 5.69 Å². The number of benzene rings is 1. The molecule has 0 spiro atoms. The Morgan fingerprint density at radius 3 is 2.50 bits per heavy atom.